The molecule has 1 unspecified atom stereocenters. The highest BCUT2D eigenvalue weighted by Gasteiger charge is 2.10. The number of halogens is 1. The molecule has 31 heavy (non-hydrogen) atoms. The number of rotatable bonds is 11. The number of aromatic nitrogens is 1. The van der Waals surface area contributed by atoms with Crippen LogP contribution < -0.4 is 10.6 Å². The summed E-state index contributed by atoms with van der Waals surface area (Å²) >= 11 is 0. The first-order valence-corrected chi connectivity index (χ1v) is 10.3. The first-order valence-electron chi connectivity index (χ1n) is 10.3. The fourth-order valence-electron chi connectivity index (χ4n) is 2.83. The van der Waals surface area contributed by atoms with Crippen LogP contribution in [-0.4, -0.2) is 62.1 Å². The number of ether oxygens (including phenoxy) is 1. The Hall–Kier alpha value is -2.20. The second-order valence-corrected chi connectivity index (χ2v) is 7.02. The Morgan fingerprint density at radius 2 is 1.90 bits per heavy atom. The predicted octanol–water partition coefficient (Wildman–Crippen LogP) is 3.03. The molecule has 2 N–H and O–H groups in total. The van der Waals surface area contributed by atoms with E-state index in [4.69, 9.17) is 4.74 Å². The fraction of sp³-hybridized carbons (Fsp3) is 0.435. The number of likely N-dealkylation sites (N-methyl/N-ethyl adjacent to an activating group) is 1. The van der Waals surface area contributed by atoms with Crippen LogP contribution in [0.5, 0.6) is 0 Å². The molecule has 1 atom stereocenters. The zero-order valence-electron chi connectivity index (χ0n) is 18.6. The van der Waals surface area contributed by atoms with Crippen LogP contribution in [0.1, 0.15) is 30.7 Å². The van der Waals surface area contributed by atoms with Crippen molar-refractivity contribution in [2.45, 2.75) is 25.9 Å². The van der Waals surface area contributed by atoms with Crippen LogP contribution in [0.15, 0.2) is 59.7 Å². The van der Waals surface area contributed by atoms with Crippen LogP contribution in [0.4, 0.5) is 0 Å². The van der Waals surface area contributed by atoms with Gasteiger partial charge in [-0.15, -0.1) is 24.0 Å². The number of nitrogens with zero attached hydrogens (tertiary/aromatic N) is 3. The normalized spacial score (nSPS) is 11.9. The minimum absolute atomic E-state index is 0. The van der Waals surface area contributed by atoms with E-state index in [2.05, 4.69) is 39.7 Å². The molecule has 2 rings (SSSR count). The molecular weight excluding hydrogens is 505 g/mol. The minimum Gasteiger partial charge on any atom is -0.374 e. The van der Waals surface area contributed by atoms with Gasteiger partial charge in [0.05, 0.1) is 12.6 Å². The summed E-state index contributed by atoms with van der Waals surface area (Å²) in [5.74, 6) is 0.617. The van der Waals surface area contributed by atoms with Crippen molar-refractivity contribution in [2.24, 2.45) is 4.99 Å². The third kappa shape index (κ3) is 10.6. The molecule has 0 bridgehead atoms. The molecule has 1 heterocycles. The van der Waals surface area contributed by atoms with Crippen LogP contribution in [-0.2, 0) is 16.0 Å². The summed E-state index contributed by atoms with van der Waals surface area (Å²) in [5, 5.41) is 6.28. The molecule has 0 saturated carbocycles. The van der Waals surface area contributed by atoms with Crippen LogP contribution in [0, 0.1) is 0 Å². The quantitative estimate of drug-likeness (QED) is 0.199. The van der Waals surface area contributed by atoms with E-state index >= 15 is 0 Å². The lowest BCUT2D eigenvalue weighted by Crippen LogP contribution is -2.44. The molecule has 1 aromatic carbocycles. The Kier molecular flexibility index (Phi) is 13.5. The standard InChI is InChI=1S/C23H33N5O2.HI/c1-19(20-10-5-4-6-11-20)30-17-9-15-26-23(24-2)27-18-22(29)28(3)16-13-21-12-7-8-14-25-21;/h4-8,10-12,14,19H,9,13,15-18H2,1-3H3,(H2,24,26,27);1H. The van der Waals surface area contributed by atoms with Crippen molar-refractivity contribution in [2.75, 3.05) is 40.3 Å². The predicted molar refractivity (Wildman–Crippen MR) is 136 cm³/mol. The Morgan fingerprint density at radius 3 is 2.58 bits per heavy atom. The number of nitrogens with one attached hydrogen (secondary N) is 2. The first kappa shape index (κ1) is 26.8. The molecule has 0 spiro atoms. The Balaban J connectivity index is 0.00000480. The van der Waals surface area contributed by atoms with Crippen molar-refractivity contribution >= 4 is 35.8 Å². The molecule has 1 amide bonds. The van der Waals surface area contributed by atoms with Crippen molar-refractivity contribution < 1.29 is 9.53 Å². The molecule has 0 aliphatic heterocycles. The number of hydrogen-bond donors (Lipinski definition) is 2. The first-order chi connectivity index (χ1) is 14.6. The van der Waals surface area contributed by atoms with E-state index in [0.717, 1.165) is 18.5 Å². The number of guanidine groups is 1. The zero-order chi connectivity index (χ0) is 21.6. The lowest BCUT2D eigenvalue weighted by atomic mass is 10.1. The number of hydrogen-bond acceptors (Lipinski definition) is 4. The maximum Gasteiger partial charge on any atom is 0.241 e. The molecular formula is C23H34IN5O2. The van der Waals surface area contributed by atoms with E-state index in [1.807, 2.05) is 36.4 Å². The average Bonchev–Trinajstić information content (AvgIpc) is 2.80. The van der Waals surface area contributed by atoms with E-state index < -0.39 is 0 Å². The van der Waals surface area contributed by atoms with Gasteiger partial charge in [-0.1, -0.05) is 36.4 Å². The van der Waals surface area contributed by atoms with Gasteiger partial charge in [0.2, 0.25) is 5.91 Å². The van der Waals surface area contributed by atoms with Crippen LogP contribution >= 0.6 is 24.0 Å². The van der Waals surface area contributed by atoms with Crippen LogP contribution in [0.25, 0.3) is 0 Å². The van der Waals surface area contributed by atoms with Gasteiger partial charge in [-0.3, -0.25) is 14.8 Å². The maximum absolute atomic E-state index is 12.3. The van der Waals surface area contributed by atoms with Gasteiger partial charge in [0.1, 0.15) is 0 Å². The topological polar surface area (TPSA) is 78.9 Å². The number of pyridine rings is 1. The van der Waals surface area contributed by atoms with Gasteiger partial charge in [-0.2, -0.15) is 0 Å². The molecule has 8 heteroatoms. The molecule has 170 valence electrons. The largest absolute Gasteiger partial charge is 0.374 e. The fourth-order valence-corrected chi connectivity index (χ4v) is 2.83. The molecule has 7 nitrogen and oxygen atoms in total. The number of amides is 1. The molecule has 0 aliphatic rings. The van der Waals surface area contributed by atoms with Gasteiger partial charge in [-0.25, -0.2) is 0 Å². The van der Waals surface area contributed by atoms with Gasteiger partial charge in [0.15, 0.2) is 5.96 Å². The maximum atomic E-state index is 12.3. The molecule has 0 fully saturated rings. The van der Waals surface area contributed by atoms with E-state index in [9.17, 15) is 4.79 Å². The Labute approximate surface area is 202 Å². The summed E-state index contributed by atoms with van der Waals surface area (Å²) in [5.41, 5.74) is 2.15. The monoisotopic (exact) mass is 539 g/mol. The Bertz CT molecular complexity index is 774. The van der Waals surface area contributed by atoms with Crippen molar-refractivity contribution in [1.82, 2.24) is 20.5 Å². The van der Waals surface area contributed by atoms with Gasteiger partial charge < -0.3 is 20.3 Å². The highest BCUT2D eigenvalue weighted by Crippen LogP contribution is 2.15. The molecule has 0 radical (unpaired) electrons. The van der Waals surface area contributed by atoms with Gasteiger partial charge >= 0.3 is 0 Å². The number of carbonyl (C=O) groups is 1. The second kappa shape index (κ2) is 15.6. The molecule has 0 aliphatic carbocycles. The van der Waals surface area contributed by atoms with E-state index in [1.165, 1.54) is 5.56 Å². The van der Waals surface area contributed by atoms with Gasteiger partial charge in [0.25, 0.3) is 0 Å². The van der Waals surface area contributed by atoms with Gasteiger partial charge in [0, 0.05) is 52.1 Å². The van der Waals surface area contributed by atoms with Crippen LogP contribution in [0.3, 0.4) is 0 Å². The Morgan fingerprint density at radius 1 is 1.16 bits per heavy atom. The summed E-state index contributed by atoms with van der Waals surface area (Å²) in [6, 6.07) is 16.0. The minimum atomic E-state index is 0. The lowest BCUT2D eigenvalue weighted by Gasteiger charge is -2.18. The third-order valence-electron chi connectivity index (χ3n) is 4.74. The average molecular weight is 539 g/mol. The number of benzene rings is 1. The molecule has 2 aromatic rings. The van der Waals surface area contributed by atoms with Crippen LogP contribution in [0.2, 0.25) is 0 Å². The van der Waals surface area contributed by atoms with Gasteiger partial charge in [-0.05, 0) is 31.0 Å². The van der Waals surface area contributed by atoms with Crippen molar-refractivity contribution in [3.05, 3.63) is 66.0 Å². The summed E-state index contributed by atoms with van der Waals surface area (Å²) in [6.07, 6.45) is 3.41. The van der Waals surface area contributed by atoms with E-state index in [1.54, 1.807) is 25.2 Å². The smallest absolute Gasteiger partial charge is 0.241 e. The third-order valence-corrected chi connectivity index (χ3v) is 4.74. The lowest BCUT2D eigenvalue weighted by molar-refractivity contribution is -0.128. The summed E-state index contributed by atoms with van der Waals surface area (Å²) in [6.45, 7) is 4.24. The highest BCUT2D eigenvalue weighted by atomic mass is 127. The summed E-state index contributed by atoms with van der Waals surface area (Å²) in [7, 11) is 3.49. The highest BCUT2D eigenvalue weighted by molar-refractivity contribution is 14.0. The van der Waals surface area contributed by atoms with Crippen molar-refractivity contribution in [3.63, 3.8) is 0 Å². The van der Waals surface area contributed by atoms with Crippen molar-refractivity contribution in [3.8, 4) is 0 Å². The summed E-state index contributed by atoms with van der Waals surface area (Å²) in [4.78, 5) is 22.5. The molecule has 0 saturated heterocycles. The summed E-state index contributed by atoms with van der Waals surface area (Å²) < 4.78 is 5.87. The number of aliphatic imine (C=N–C) groups is 1. The van der Waals surface area contributed by atoms with E-state index in [-0.39, 0.29) is 42.5 Å². The SMILES string of the molecule is CN=C(NCCCOC(C)c1ccccc1)NCC(=O)N(C)CCc1ccccn1.I. The second-order valence-electron chi connectivity index (χ2n) is 7.02. The van der Waals surface area contributed by atoms with Crippen molar-refractivity contribution in [1.29, 1.82) is 0 Å². The van der Waals surface area contributed by atoms with E-state index in [0.29, 0.717) is 25.7 Å². The number of carbonyl (C=O) groups excluding carboxylic acids is 1. The molecule has 1 aromatic heterocycles. The zero-order valence-corrected chi connectivity index (χ0v) is 20.9.